The number of phenolic OH excluding ortho intramolecular Hbond substituents is 3. The lowest BCUT2D eigenvalue weighted by molar-refractivity contribution is 0.153. The van der Waals surface area contributed by atoms with E-state index in [0.717, 1.165) is 0 Å². The van der Waals surface area contributed by atoms with E-state index in [1.165, 1.54) is 24.4 Å². The Labute approximate surface area is 126 Å². The topological polar surface area (TPSA) is 98.7 Å². The van der Waals surface area contributed by atoms with Gasteiger partial charge in [-0.3, -0.25) is 0 Å². The molecule has 1 heterocycles. The third-order valence-electron chi connectivity index (χ3n) is 3.56. The van der Waals surface area contributed by atoms with E-state index in [9.17, 15) is 20.5 Å². The zero-order valence-electron chi connectivity index (χ0n) is 11.7. The molecule has 3 aromatic rings. The van der Waals surface area contributed by atoms with Crippen molar-refractivity contribution in [1.82, 2.24) is 9.94 Å². The van der Waals surface area contributed by atoms with E-state index < -0.39 is 0 Å². The van der Waals surface area contributed by atoms with E-state index in [1.807, 2.05) is 0 Å². The number of hydrogen-bond acceptors (Lipinski definition) is 5. The molecule has 22 heavy (non-hydrogen) atoms. The molecule has 0 spiro atoms. The molecule has 0 saturated carbocycles. The molecule has 112 valence electrons. The Kier molecular flexibility index (Phi) is 3.14. The molecule has 6 heteroatoms. The smallest absolute Gasteiger partial charge is 0.130 e. The molecule has 3 rings (SSSR count). The van der Waals surface area contributed by atoms with Gasteiger partial charge in [0.2, 0.25) is 0 Å². The average Bonchev–Trinajstić information content (AvgIpc) is 2.86. The molecule has 0 bridgehead atoms. The van der Waals surface area contributed by atoms with Crippen molar-refractivity contribution in [2.45, 2.75) is 6.92 Å². The molecule has 0 radical (unpaired) electrons. The normalized spacial score (nSPS) is 10.8. The molecule has 0 atom stereocenters. The maximum atomic E-state index is 10.2. The van der Waals surface area contributed by atoms with Crippen molar-refractivity contribution in [2.24, 2.45) is 0 Å². The Bertz CT molecular complexity index is 855. The van der Waals surface area contributed by atoms with Gasteiger partial charge in [-0.2, -0.15) is 0 Å². The largest absolute Gasteiger partial charge is 0.508 e. The van der Waals surface area contributed by atoms with Crippen molar-refractivity contribution in [3.05, 3.63) is 48.2 Å². The molecule has 0 saturated heterocycles. The van der Waals surface area contributed by atoms with Crippen LogP contribution in [0.1, 0.15) is 5.56 Å². The maximum Gasteiger partial charge on any atom is 0.130 e. The highest BCUT2D eigenvalue weighted by atomic mass is 16.5. The second-order valence-electron chi connectivity index (χ2n) is 4.95. The van der Waals surface area contributed by atoms with Gasteiger partial charge < -0.3 is 20.5 Å². The van der Waals surface area contributed by atoms with Gasteiger partial charge in [-0.05, 0) is 31.2 Å². The fraction of sp³-hybridized carbons (Fsp3) is 0.0625. The predicted octanol–water partition coefficient (Wildman–Crippen LogP) is 2.88. The number of nitrogens with zero attached hydrogens (tertiary/aromatic N) is 2. The van der Waals surface area contributed by atoms with E-state index in [4.69, 9.17) is 0 Å². The van der Waals surface area contributed by atoms with E-state index in [0.29, 0.717) is 32.8 Å². The van der Waals surface area contributed by atoms with Gasteiger partial charge in [-0.25, -0.2) is 0 Å². The van der Waals surface area contributed by atoms with Crippen molar-refractivity contribution in [1.29, 1.82) is 0 Å². The second kappa shape index (κ2) is 5.00. The summed E-state index contributed by atoms with van der Waals surface area (Å²) in [6.45, 7) is 1.59. The molecule has 0 aliphatic rings. The summed E-state index contributed by atoms with van der Waals surface area (Å²) in [5.41, 5.74) is 2.11. The summed E-state index contributed by atoms with van der Waals surface area (Å²) < 4.78 is 0. The molecule has 4 N–H and O–H groups in total. The van der Waals surface area contributed by atoms with E-state index in [1.54, 1.807) is 25.1 Å². The Morgan fingerprint density at radius 2 is 1.77 bits per heavy atom. The molecule has 0 aliphatic heterocycles. The highest BCUT2D eigenvalue weighted by molar-refractivity contribution is 5.85. The summed E-state index contributed by atoms with van der Waals surface area (Å²) in [6.07, 6.45) is 1.41. The van der Waals surface area contributed by atoms with Gasteiger partial charge in [-0.1, -0.05) is 12.1 Å². The maximum absolute atomic E-state index is 10.2. The summed E-state index contributed by atoms with van der Waals surface area (Å²) >= 11 is 0. The van der Waals surface area contributed by atoms with Crippen LogP contribution in [0.5, 0.6) is 17.2 Å². The number of benzene rings is 2. The molecule has 1 aromatic heterocycles. The minimum absolute atomic E-state index is 0.0171. The number of aromatic hydroxyl groups is 3. The molecule has 2 aromatic carbocycles. The van der Waals surface area contributed by atoms with Crippen LogP contribution in [0.15, 0.2) is 42.6 Å². The molecule has 0 aliphatic carbocycles. The first-order valence-corrected chi connectivity index (χ1v) is 6.57. The SMILES string of the molecule is Cc1c(O)ccc(-c2cnn(O)c2-c2cccc(O)c2)c1O. The van der Waals surface area contributed by atoms with Crippen molar-refractivity contribution in [3.8, 4) is 39.6 Å². The molecular weight excluding hydrogens is 284 g/mol. The van der Waals surface area contributed by atoms with Gasteiger partial charge in [0.05, 0.1) is 6.20 Å². The number of hydrogen-bond donors (Lipinski definition) is 4. The standard InChI is InChI=1S/C16H14N2O4/c1-9-14(20)6-5-12(16(9)21)13-8-17-18(22)15(13)10-3-2-4-11(19)7-10/h2-8,19-22H,1H3. The van der Waals surface area contributed by atoms with Crippen molar-refractivity contribution in [2.75, 3.05) is 0 Å². The quantitative estimate of drug-likeness (QED) is 0.545. The van der Waals surface area contributed by atoms with Crippen LogP contribution in [0.3, 0.4) is 0 Å². The van der Waals surface area contributed by atoms with Crippen LogP contribution in [0.4, 0.5) is 0 Å². The third-order valence-corrected chi connectivity index (χ3v) is 3.56. The summed E-state index contributed by atoms with van der Waals surface area (Å²) in [6, 6.07) is 9.36. The molecule has 6 nitrogen and oxygen atoms in total. The van der Waals surface area contributed by atoms with Crippen LogP contribution < -0.4 is 0 Å². The Morgan fingerprint density at radius 3 is 2.50 bits per heavy atom. The van der Waals surface area contributed by atoms with E-state index in [2.05, 4.69) is 5.10 Å². The summed E-state index contributed by atoms with van der Waals surface area (Å²) in [7, 11) is 0. The van der Waals surface area contributed by atoms with Crippen LogP contribution in [-0.2, 0) is 0 Å². The van der Waals surface area contributed by atoms with Crippen LogP contribution >= 0.6 is 0 Å². The van der Waals surface area contributed by atoms with Gasteiger partial charge in [0.25, 0.3) is 0 Å². The minimum Gasteiger partial charge on any atom is -0.508 e. The molecule has 0 fully saturated rings. The van der Waals surface area contributed by atoms with Crippen molar-refractivity contribution >= 4 is 0 Å². The lowest BCUT2D eigenvalue weighted by atomic mass is 9.98. The fourth-order valence-electron chi connectivity index (χ4n) is 2.37. The Balaban J connectivity index is 2.25. The van der Waals surface area contributed by atoms with Gasteiger partial charge >= 0.3 is 0 Å². The van der Waals surface area contributed by atoms with Crippen LogP contribution in [0.25, 0.3) is 22.4 Å². The lowest BCUT2D eigenvalue weighted by Crippen LogP contribution is -1.96. The minimum atomic E-state index is -0.0885. The zero-order valence-corrected chi connectivity index (χ0v) is 11.7. The molecule has 0 amide bonds. The van der Waals surface area contributed by atoms with Gasteiger partial charge in [-0.15, -0.1) is 9.94 Å². The second-order valence-corrected chi connectivity index (χ2v) is 4.95. The van der Waals surface area contributed by atoms with E-state index >= 15 is 0 Å². The van der Waals surface area contributed by atoms with Crippen LogP contribution in [0.2, 0.25) is 0 Å². The highest BCUT2D eigenvalue weighted by Crippen LogP contribution is 2.40. The Hall–Kier alpha value is -3.15. The molecule has 0 unspecified atom stereocenters. The van der Waals surface area contributed by atoms with Gasteiger partial charge in [0.15, 0.2) is 0 Å². The molecular formula is C16H14N2O4. The third kappa shape index (κ3) is 2.10. The highest BCUT2D eigenvalue weighted by Gasteiger charge is 2.19. The van der Waals surface area contributed by atoms with E-state index in [-0.39, 0.29) is 17.2 Å². The fourth-order valence-corrected chi connectivity index (χ4v) is 2.37. The monoisotopic (exact) mass is 298 g/mol. The first-order valence-electron chi connectivity index (χ1n) is 6.57. The first kappa shape index (κ1) is 13.8. The van der Waals surface area contributed by atoms with Gasteiger partial charge in [0.1, 0.15) is 22.9 Å². The van der Waals surface area contributed by atoms with Crippen molar-refractivity contribution < 1.29 is 20.5 Å². The predicted molar refractivity (Wildman–Crippen MR) is 80.0 cm³/mol. The first-order chi connectivity index (χ1) is 10.5. The van der Waals surface area contributed by atoms with Crippen molar-refractivity contribution in [3.63, 3.8) is 0 Å². The Morgan fingerprint density at radius 1 is 1.00 bits per heavy atom. The van der Waals surface area contributed by atoms with Crippen LogP contribution in [0, 0.1) is 6.92 Å². The number of aromatic nitrogens is 2. The average molecular weight is 298 g/mol. The van der Waals surface area contributed by atoms with Gasteiger partial charge in [0, 0.05) is 22.3 Å². The number of rotatable bonds is 2. The summed E-state index contributed by atoms with van der Waals surface area (Å²) in [5.74, 6) is -0.0540. The van der Waals surface area contributed by atoms with Crippen LogP contribution in [-0.4, -0.2) is 30.5 Å². The summed E-state index contributed by atoms with van der Waals surface area (Å²) in [5, 5.41) is 43.2. The zero-order chi connectivity index (χ0) is 15.9. The number of phenols is 3. The summed E-state index contributed by atoms with van der Waals surface area (Å²) in [4.78, 5) is 0.686. The lowest BCUT2D eigenvalue weighted by Gasteiger charge is -2.10.